The number of carbonyl (C=O) groups is 1. The molecule has 0 atom stereocenters. The average molecular weight is 566 g/mol. The quantitative estimate of drug-likeness (QED) is 0.368. The lowest BCUT2D eigenvalue weighted by Gasteiger charge is -2.46. The summed E-state index contributed by atoms with van der Waals surface area (Å²) in [5.41, 5.74) is -0.383. The zero-order valence-electron chi connectivity index (χ0n) is 23.0. The van der Waals surface area contributed by atoms with Crippen molar-refractivity contribution >= 4 is 11.6 Å². The van der Waals surface area contributed by atoms with Crippen molar-refractivity contribution in [2.75, 3.05) is 26.7 Å². The van der Waals surface area contributed by atoms with Crippen LogP contribution in [0.5, 0.6) is 0 Å². The molecule has 1 aliphatic heterocycles. The van der Waals surface area contributed by atoms with E-state index in [4.69, 9.17) is 0 Å². The number of amides is 1. The highest BCUT2D eigenvalue weighted by Crippen LogP contribution is 2.51. The second-order valence-electron chi connectivity index (χ2n) is 11.4. The van der Waals surface area contributed by atoms with Gasteiger partial charge in [-0.15, -0.1) is 10.2 Å². The van der Waals surface area contributed by atoms with E-state index in [-0.39, 0.29) is 35.5 Å². The third-order valence-corrected chi connectivity index (χ3v) is 8.37. The Balaban J connectivity index is 1.44. The smallest absolute Gasteiger partial charge is 0.343 e. The van der Waals surface area contributed by atoms with Crippen LogP contribution in [0.4, 0.5) is 13.2 Å². The molecule has 1 aliphatic carbocycles. The van der Waals surface area contributed by atoms with E-state index in [1.165, 1.54) is 12.4 Å². The number of aromatic nitrogens is 5. The van der Waals surface area contributed by atoms with Crippen molar-refractivity contribution in [2.45, 2.75) is 37.9 Å². The van der Waals surface area contributed by atoms with Gasteiger partial charge in [0.05, 0.1) is 23.1 Å². The van der Waals surface area contributed by atoms with E-state index < -0.39 is 22.9 Å². The standard InChI is InChI=1S/C29H30F3N7O2/c1-18-11-28(12-18,27-35-34-17-37(27)3)21-6-4-5-20(10-21)22-13-33-25-23(29(30,31)32)9-19(15-39(25)26(22)41)14-38-8-7-36(2)24(40)16-38/h4-6,9-10,13,15,17-18H,7-8,11-12,14,16H2,1-3H3. The Morgan fingerprint density at radius 2 is 1.88 bits per heavy atom. The third kappa shape index (κ3) is 4.69. The van der Waals surface area contributed by atoms with Crippen LogP contribution in [-0.4, -0.2) is 66.5 Å². The molecule has 0 N–H and O–H groups in total. The minimum absolute atomic E-state index is 0.0990. The van der Waals surface area contributed by atoms with Gasteiger partial charge >= 0.3 is 6.18 Å². The van der Waals surface area contributed by atoms with Crippen LogP contribution in [0.25, 0.3) is 16.8 Å². The Kier molecular flexibility index (Phi) is 6.48. The maximum Gasteiger partial charge on any atom is 0.419 e. The first-order valence-corrected chi connectivity index (χ1v) is 13.5. The summed E-state index contributed by atoms with van der Waals surface area (Å²) in [7, 11) is 3.59. The number of piperazine rings is 1. The maximum atomic E-state index is 14.1. The normalized spacial score (nSPS) is 21.9. The van der Waals surface area contributed by atoms with Crippen LogP contribution >= 0.6 is 0 Å². The Hall–Kier alpha value is -4.06. The van der Waals surface area contributed by atoms with Gasteiger partial charge in [-0.05, 0) is 47.6 Å². The van der Waals surface area contributed by atoms with Gasteiger partial charge in [0, 0.05) is 46.1 Å². The number of hydrogen-bond donors (Lipinski definition) is 0. The molecule has 41 heavy (non-hydrogen) atoms. The second kappa shape index (κ2) is 9.79. The lowest BCUT2D eigenvalue weighted by atomic mass is 9.58. The average Bonchev–Trinajstić information content (AvgIpc) is 3.34. The summed E-state index contributed by atoms with van der Waals surface area (Å²) in [6, 6.07) is 8.55. The third-order valence-electron chi connectivity index (χ3n) is 8.37. The Morgan fingerprint density at radius 1 is 1.10 bits per heavy atom. The Bertz CT molecular complexity index is 1700. The molecule has 214 valence electrons. The molecule has 6 rings (SSSR count). The number of hydrogen-bond acceptors (Lipinski definition) is 6. The number of alkyl halides is 3. The number of aryl methyl sites for hydroxylation is 1. The van der Waals surface area contributed by atoms with E-state index in [0.717, 1.165) is 34.7 Å². The summed E-state index contributed by atoms with van der Waals surface area (Å²) in [6.07, 6.45) is 1.31. The Labute approximate surface area is 234 Å². The zero-order chi connectivity index (χ0) is 29.1. The first-order chi connectivity index (χ1) is 19.5. The number of fused-ring (bicyclic) bond motifs is 1. The number of benzene rings is 1. The number of nitrogens with zero attached hydrogens (tertiary/aromatic N) is 7. The summed E-state index contributed by atoms with van der Waals surface area (Å²) in [5.74, 6) is 1.22. The molecule has 3 aromatic heterocycles. The van der Waals surface area contributed by atoms with Crippen LogP contribution in [0.3, 0.4) is 0 Å². The van der Waals surface area contributed by atoms with Crippen LogP contribution in [-0.2, 0) is 30.0 Å². The fraction of sp³-hybridized carbons (Fsp3) is 0.414. The molecule has 4 heterocycles. The van der Waals surface area contributed by atoms with Gasteiger partial charge in [-0.25, -0.2) is 4.98 Å². The predicted molar refractivity (Wildman–Crippen MR) is 145 cm³/mol. The summed E-state index contributed by atoms with van der Waals surface area (Å²) in [5, 5.41) is 8.45. The summed E-state index contributed by atoms with van der Waals surface area (Å²) >= 11 is 0. The van der Waals surface area contributed by atoms with Crippen molar-refractivity contribution in [1.82, 2.24) is 33.9 Å². The molecule has 2 fully saturated rings. The first kappa shape index (κ1) is 27.1. The topological polar surface area (TPSA) is 88.6 Å². The van der Waals surface area contributed by atoms with Gasteiger partial charge < -0.3 is 9.47 Å². The second-order valence-corrected chi connectivity index (χ2v) is 11.4. The molecule has 12 heteroatoms. The van der Waals surface area contributed by atoms with Crippen LogP contribution in [0.1, 0.15) is 42.3 Å². The number of carbonyl (C=O) groups excluding carboxylic acids is 1. The highest BCUT2D eigenvalue weighted by Gasteiger charge is 2.48. The number of likely N-dealkylation sites (N-methyl/N-ethyl adjacent to an activating group) is 1. The number of pyridine rings is 1. The Morgan fingerprint density at radius 3 is 2.54 bits per heavy atom. The summed E-state index contributed by atoms with van der Waals surface area (Å²) in [4.78, 5) is 33.4. The summed E-state index contributed by atoms with van der Waals surface area (Å²) < 4.78 is 45.3. The predicted octanol–water partition coefficient (Wildman–Crippen LogP) is 3.50. The SMILES string of the molecule is CC1CC(c2cccc(-c3cnc4c(C(F)(F)F)cc(CN5CCN(C)C(=O)C5)cn4c3=O)c2)(c2nncn2C)C1. The van der Waals surface area contributed by atoms with Crippen molar-refractivity contribution in [3.05, 3.63) is 81.9 Å². The van der Waals surface area contributed by atoms with E-state index in [0.29, 0.717) is 24.6 Å². The van der Waals surface area contributed by atoms with Crippen LogP contribution in [0.15, 0.2) is 53.8 Å². The molecule has 0 radical (unpaired) electrons. The summed E-state index contributed by atoms with van der Waals surface area (Å²) in [6.45, 7) is 3.37. The van der Waals surface area contributed by atoms with Gasteiger partial charge in [-0.3, -0.25) is 18.9 Å². The van der Waals surface area contributed by atoms with E-state index in [2.05, 4.69) is 22.1 Å². The first-order valence-electron chi connectivity index (χ1n) is 13.5. The lowest BCUT2D eigenvalue weighted by Crippen LogP contribution is -2.48. The van der Waals surface area contributed by atoms with Gasteiger partial charge in [-0.1, -0.05) is 25.1 Å². The molecule has 0 unspecified atom stereocenters. The van der Waals surface area contributed by atoms with E-state index >= 15 is 0 Å². The van der Waals surface area contributed by atoms with Crippen LogP contribution < -0.4 is 5.56 Å². The van der Waals surface area contributed by atoms with Crippen molar-refractivity contribution in [2.24, 2.45) is 13.0 Å². The number of rotatable bonds is 5. The van der Waals surface area contributed by atoms with Crippen molar-refractivity contribution in [3.8, 4) is 11.1 Å². The zero-order valence-corrected chi connectivity index (χ0v) is 23.0. The maximum absolute atomic E-state index is 14.1. The van der Waals surface area contributed by atoms with Gasteiger partial charge in [-0.2, -0.15) is 13.2 Å². The van der Waals surface area contributed by atoms with Gasteiger partial charge in [0.15, 0.2) is 5.65 Å². The molecule has 0 spiro atoms. The van der Waals surface area contributed by atoms with Crippen molar-refractivity contribution in [3.63, 3.8) is 0 Å². The fourth-order valence-corrected chi connectivity index (χ4v) is 6.31. The van der Waals surface area contributed by atoms with Gasteiger partial charge in [0.25, 0.3) is 5.56 Å². The number of halogens is 3. The van der Waals surface area contributed by atoms with Gasteiger partial charge in [0.1, 0.15) is 12.2 Å². The largest absolute Gasteiger partial charge is 0.419 e. The van der Waals surface area contributed by atoms with E-state index in [9.17, 15) is 22.8 Å². The molecule has 2 aliphatic rings. The van der Waals surface area contributed by atoms with E-state index in [1.54, 1.807) is 29.2 Å². The molecule has 1 saturated carbocycles. The molecular formula is C29H30F3N7O2. The molecular weight excluding hydrogens is 535 g/mol. The minimum atomic E-state index is -4.72. The van der Waals surface area contributed by atoms with Crippen molar-refractivity contribution in [1.29, 1.82) is 0 Å². The molecule has 4 aromatic rings. The minimum Gasteiger partial charge on any atom is -0.343 e. The highest BCUT2D eigenvalue weighted by atomic mass is 19.4. The molecule has 1 aromatic carbocycles. The van der Waals surface area contributed by atoms with Gasteiger partial charge in [0.2, 0.25) is 5.91 Å². The molecule has 1 amide bonds. The molecule has 0 bridgehead atoms. The van der Waals surface area contributed by atoms with E-state index in [1.807, 2.05) is 29.8 Å². The monoisotopic (exact) mass is 565 g/mol. The van der Waals surface area contributed by atoms with Crippen LogP contribution in [0, 0.1) is 5.92 Å². The van der Waals surface area contributed by atoms with Crippen molar-refractivity contribution < 1.29 is 18.0 Å². The van der Waals surface area contributed by atoms with Crippen LogP contribution in [0.2, 0.25) is 0 Å². The lowest BCUT2D eigenvalue weighted by molar-refractivity contribution is -0.137. The molecule has 1 saturated heterocycles. The highest BCUT2D eigenvalue weighted by molar-refractivity contribution is 5.78. The molecule has 9 nitrogen and oxygen atoms in total. The fourth-order valence-electron chi connectivity index (χ4n) is 6.31.